The molecule has 0 bridgehead atoms. The van der Waals surface area contributed by atoms with E-state index >= 15 is 0 Å². The normalized spacial score (nSPS) is 14.3. The van der Waals surface area contributed by atoms with Crippen LogP contribution in [-0.4, -0.2) is 4.98 Å². The van der Waals surface area contributed by atoms with Crippen molar-refractivity contribution in [2.24, 2.45) is 0 Å². The molecule has 0 spiro atoms. The number of nitrogens with zero attached hydrogens (tertiary/aromatic N) is 1. The van der Waals surface area contributed by atoms with E-state index in [0.717, 1.165) is 21.2 Å². The molecule has 2 aromatic heterocycles. The number of benzene rings is 1. The summed E-state index contributed by atoms with van der Waals surface area (Å²) in [5, 5.41) is 3.15. The van der Waals surface area contributed by atoms with Crippen molar-refractivity contribution in [1.29, 1.82) is 0 Å². The summed E-state index contributed by atoms with van der Waals surface area (Å²) < 4.78 is 25.5. The van der Waals surface area contributed by atoms with E-state index in [4.69, 9.17) is 9.47 Å². The maximum absolute atomic E-state index is 13.6. The highest BCUT2D eigenvalue weighted by Gasteiger charge is 2.22. The zero-order valence-electron chi connectivity index (χ0n) is 10.8. The van der Waals surface area contributed by atoms with Gasteiger partial charge in [-0.2, -0.15) is 4.39 Å². The second-order valence-electron chi connectivity index (χ2n) is 4.62. The molecule has 0 saturated heterocycles. The Morgan fingerprint density at radius 1 is 1.10 bits per heavy atom. The molecule has 0 unspecified atom stereocenters. The number of hydrogen-bond acceptors (Lipinski definition) is 4. The van der Waals surface area contributed by atoms with Gasteiger partial charge in [0, 0.05) is 22.5 Å². The topological polar surface area (TPSA) is 31.4 Å². The molecular weight excluding hydrogens is 289 g/mol. The number of aromatic nitrogens is 1. The predicted molar refractivity (Wildman–Crippen MR) is 79.1 cm³/mol. The van der Waals surface area contributed by atoms with Gasteiger partial charge in [0.05, 0.1) is 5.56 Å². The zero-order chi connectivity index (χ0) is 14.2. The summed E-state index contributed by atoms with van der Waals surface area (Å²) in [6.07, 6.45) is 3.84. The van der Waals surface area contributed by atoms with Crippen LogP contribution in [0, 0.1) is 5.95 Å². The molecule has 0 fully saturated rings. The van der Waals surface area contributed by atoms with E-state index in [9.17, 15) is 4.39 Å². The van der Waals surface area contributed by atoms with Crippen LogP contribution in [0.25, 0.3) is 21.2 Å². The van der Waals surface area contributed by atoms with Crippen LogP contribution in [0.3, 0.4) is 0 Å². The molecule has 3 aromatic rings. The summed E-state index contributed by atoms with van der Waals surface area (Å²) in [5.41, 5.74) is 2.41. The van der Waals surface area contributed by atoms with Gasteiger partial charge in [-0.1, -0.05) is 18.2 Å². The fourth-order valence-electron chi connectivity index (χ4n) is 2.45. The largest absolute Gasteiger partial charge is 0.455 e. The van der Waals surface area contributed by atoms with Crippen molar-refractivity contribution >= 4 is 21.4 Å². The Kier molecular flexibility index (Phi) is 2.86. The van der Waals surface area contributed by atoms with Gasteiger partial charge in [-0.25, -0.2) is 4.98 Å². The Labute approximate surface area is 124 Å². The van der Waals surface area contributed by atoms with Gasteiger partial charge in [-0.3, -0.25) is 0 Å². The summed E-state index contributed by atoms with van der Waals surface area (Å²) >= 11 is 1.63. The van der Waals surface area contributed by atoms with Gasteiger partial charge in [-0.05, 0) is 22.4 Å². The molecule has 3 nitrogen and oxygen atoms in total. The van der Waals surface area contributed by atoms with Crippen LogP contribution in [0.1, 0.15) is 11.9 Å². The van der Waals surface area contributed by atoms with Crippen molar-refractivity contribution < 1.29 is 13.9 Å². The van der Waals surface area contributed by atoms with E-state index in [1.165, 1.54) is 24.8 Å². The molecular formula is C16H10FNO2S. The highest BCUT2D eigenvalue weighted by atomic mass is 32.1. The number of hydrogen-bond donors (Lipinski definition) is 0. The fourth-order valence-corrected chi connectivity index (χ4v) is 3.38. The Hall–Kier alpha value is -2.40. The Bertz CT molecular complexity index is 835. The molecule has 0 saturated carbocycles. The molecule has 1 aromatic carbocycles. The van der Waals surface area contributed by atoms with Gasteiger partial charge in [0.2, 0.25) is 5.95 Å². The first-order valence-electron chi connectivity index (χ1n) is 6.41. The quantitative estimate of drug-likeness (QED) is 0.647. The van der Waals surface area contributed by atoms with E-state index in [1.54, 1.807) is 11.3 Å². The van der Waals surface area contributed by atoms with Gasteiger partial charge >= 0.3 is 0 Å². The molecule has 4 rings (SSSR count). The number of thiophene rings is 1. The van der Waals surface area contributed by atoms with E-state index in [0.29, 0.717) is 5.56 Å². The number of rotatable bonds is 2. The van der Waals surface area contributed by atoms with Crippen LogP contribution in [0.5, 0.6) is 0 Å². The third-order valence-corrected chi connectivity index (χ3v) is 4.35. The number of pyridine rings is 1. The first-order chi connectivity index (χ1) is 10.3. The Morgan fingerprint density at radius 2 is 1.95 bits per heavy atom. The van der Waals surface area contributed by atoms with Crippen molar-refractivity contribution in [3.05, 3.63) is 65.9 Å². The molecule has 0 N–H and O–H groups in total. The summed E-state index contributed by atoms with van der Waals surface area (Å²) in [6.45, 7) is 0. The zero-order valence-corrected chi connectivity index (χ0v) is 11.6. The van der Waals surface area contributed by atoms with Crippen molar-refractivity contribution in [3.8, 4) is 11.1 Å². The maximum atomic E-state index is 13.6. The number of fused-ring (bicyclic) bond motifs is 1. The third kappa shape index (κ3) is 2.06. The lowest BCUT2D eigenvalue weighted by Gasteiger charge is -2.15. The van der Waals surface area contributed by atoms with Gasteiger partial charge in [-0.15, -0.1) is 11.3 Å². The summed E-state index contributed by atoms with van der Waals surface area (Å²) in [5.74, 6) is -0.520. The summed E-state index contributed by atoms with van der Waals surface area (Å²) in [7, 11) is 0. The van der Waals surface area contributed by atoms with E-state index in [2.05, 4.69) is 4.98 Å². The van der Waals surface area contributed by atoms with Crippen molar-refractivity contribution in [2.75, 3.05) is 0 Å². The van der Waals surface area contributed by atoms with Crippen LogP contribution in [-0.2, 0) is 9.47 Å². The fraction of sp³-hybridized carbons (Fsp3) is 0.0625. The lowest BCUT2D eigenvalue weighted by atomic mass is 10.00. The SMILES string of the molecule is Fc1cc(-c2cccc3ccsc23)c(C2OC=CO2)cn1. The molecule has 1 aliphatic rings. The lowest BCUT2D eigenvalue weighted by molar-refractivity contribution is -0.0244. The van der Waals surface area contributed by atoms with Crippen LogP contribution in [0.2, 0.25) is 0 Å². The number of ether oxygens (including phenoxy) is 2. The minimum Gasteiger partial charge on any atom is -0.455 e. The van der Waals surface area contributed by atoms with E-state index in [-0.39, 0.29) is 0 Å². The van der Waals surface area contributed by atoms with Gasteiger partial charge < -0.3 is 9.47 Å². The second kappa shape index (κ2) is 4.86. The third-order valence-electron chi connectivity index (χ3n) is 3.38. The Morgan fingerprint density at radius 3 is 2.81 bits per heavy atom. The molecule has 21 heavy (non-hydrogen) atoms. The van der Waals surface area contributed by atoms with E-state index < -0.39 is 12.2 Å². The molecule has 0 radical (unpaired) electrons. The highest BCUT2D eigenvalue weighted by molar-refractivity contribution is 7.17. The summed E-state index contributed by atoms with van der Waals surface area (Å²) in [4.78, 5) is 3.73. The van der Waals surface area contributed by atoms with Gasteiger partial charge in [0.25, 0.3) is 6.29 Å². The van der Waals surface area contributed by atoms with Gasteiger partial charge in [0.15, 0.2) is 0 Å². The van der Waals surface area contributed by atoms with Crippen molar-refractivity contribution in [3.63, 3.8) is 0 Å². The smallest absolute Gasteiger partial charge is 0.268 e. The second-order valence-corrected chi connectivity index (χ2v) is 5.53. The maximum Gasteiger partial charge on any atom is 0.268 e. The first kappa shape index (κ1) is 12.3. The molecule has 1 aliphatic heterocycles. The van der Waals surface area contributed by atoms with E-state index in [1.807, 2.05) is 29.6 Å². The van der Waals surface area contributed by atoms with Crippen LogP contribution >= 0.6 is 11.3 Å². The molecule has 0 atom stereocenters. The monoisotopic (exact) mass is 299 g/mol. The van der Waals surface area contributed by atoms with Crippen molar-refractivity contribution in [1.82, 2.24) is 4.98 Å². The van der Waals surface area contributed by atoms with Gasteiger partial charge in [0.1, 0.15) is 12.5 Å². The van der Waals surface area contributed by atoms with Crippen LogP contribution in [0.15, 0.2) is 54.4 Å². The molecule has 0 aliphatic carbocycles. The highest BCUT2D eigenvalue weighted by Crippen LogP contribution is 2.38. The number of halogens is 1. The standard InChI is InChI=1S/C16H10FNO2S/c17-14-8-12(13(9-18-14)16-19-5-6-20-16)11-3-1-2-10-4-7-21-15(10)11/h1-9,16H. The Balaban J connectivity index is 1.94. The average molecular weight is 299 g/mol. The first-order valence-corrected chi connectivity index (χ1v) is 7.29. The molecule has 104 valence electrons. The molecule has 3 heterocycles. The van der Waals surface area contributed by atoms with Crippen LogP contribution < -0.4 is 0 Å². The van der Waals surface area contributed by atoms with Crippen LogP contribution in [0.4, 0.5) is 4.39 Å². The average Bonchev–Trinajstić information content (AvgIpc) is 3.18. The molecule has 5 heteroatoms. The molecule has 0 amide bonds. The minimum atomic E-state index is -0.580. The lowest BCUT2D eigenvalue weighted by Crippen LogP contribution is -2.02. The van der Waals surface area contributed by atoms with Crippen molar-refractivity contribution in [2.45, 2.75) is 6.29 Å². The summed E-state index contributed by atoms with van der Waals surface area (Å²) in [6, 6.07) is 9.44. The predicted octanol–water partition coefficient (Wildman–Crippen LogP) is 4.62. The minimum absolute atomic E-state index is 0.520.